The van der Waals surface area contributed by atoms with E-state index in [-0.39, 0.29) is 12.1 Å². The van der Waals surface area contributed by atoms with E-state index in [1.165, 1.54) is 116 Å². The number of hydrogen-bond acceptors (Lipinski definition) is 7. The highest BCUT2D eigenvalue weighted by molar-refractivity contribution is 5.69. The van der Waals surface area contributed by atoms with Crippen molar-refractivity contribution >= 4 is 18.7 Å². The Hall–Kier alpha value is -1.47. The molecule has 0 rings (SSSR count). The van der Waals surface area contributed by atoms with Crippen molar-refractivity contribution in [3.63, 3.8) is 0 Å². The Labute approximate surface area is 267 Å². The second-order valence-corrected chi connectivity index (χ2v) is 11.9. The molecule has 0 amide bonds. The van der Waals surface area contributed by atoms with Gasteiger partial charge in [-0.1, -0.05) is 129 Å². The predicted octanol–water partition coefficient (Wildman–Crippen LogP) is 9.48. The van der Waals surface area contributed by atoms with Crippen molar-refractivity contribution in [2.45, 2.75) is 175 Å². The van der Waals surface area contributed by atoms with E-state index in [9.17, 15) is 14.4 Å². The number of nitrogens with zero attached hydrogens (tertiary/aromatic N) is 1. The molecule has 0 aromatic carbocycles. The molecule has 0 aliphatic heterocycles. The van der Waals surface area contributed by atoms with Crippen molar-refractivity contribution in [1.82, 2.24) is 4.90 Å². The predicted molar refractivity (Wildman–Crippen MR) is 182 cm³/mol. The first-order valence-electron chi connectivity index (χ1n) is 17.7. The lowest BCUT2D eigenvalue weighted by molar-refractivity contribution is -0.146. The summed E-state index contributed by atoms with van der Waals surface area (Å²) in [6, 6.07) is 0. The van der Waals surface area contributed by atoms with Crippen LogP contribution in [0.5, 0.6) is 0 Å². The lowest BCUT2D eigenvalue weighted by atomic mass is 10.1. The summed E-state index contributed by atoms with van der Waals surface area (Å²) >= 11 is 0. The monoisotopic (exact) mass is 616 g/mol. The number of methoxy groups -OCH3 is 1. The molecule has 0 aromatic rings. The second kappa shape index (κ2) is 42.7. The molecule has 0 bridgehead atoms. The number of unbranched alkanes of at least 4 members (excludes halogenated alkanes) is 19. The molecule has 0 spiro atoms. The molecule has 7 nitrogen and oxygen atoms in total. The van der Waals surface area contributed by atoms with E-state index in [1.807, 2.05) is 21.0 Å². The van der Waals surface area contributed by atoms with Crippen LogP contribution in [0.25, 0.3) is 0 Å². The van der Waals surface area contributed by atoms with Gasteiger partial charge in [-0.15, -0.1) is 0 Å². The Kier molecular flexibility index (Phi) is 45.6. The van der Waals surface area contributed by atoms with Crippen molar-refractivity contribution in [2.24, 2.45) is 0 Å². The molecule has 0 N–H and O–H groups in total. The highest BCUT2D eigenvalue weighted by Gasteiger charge is 2.08. The van der Waals surface area contributed by atoms with Gasteiger partial charge in [0.1, 0.15) is 6.29 Å². The summed E-state index contributed by atoms with van der Waals surface area (Å²) in [6.45, 7) is 9.09. The molecule has 258 valence electrons. The van der Waals surface area contributed by atoms with Crippen molar-refractivity contribution < 1.29 is 28.6 Å². The Bertz CT molecular complexity index is 544. The molecule has 7 heteroatoms. The molecule has 0 radical (unpaired) electrons. The smallest absolute Gasteiger partial charge is 0.308 e. The van der Waals surface area contributed by atoms with Crippen LogP contribution in [0.2, 0.25) is 0 Å². The summed E-state index contributed by atoms with van der Waals surface area (Å²) in [5.74, 6) is -0.143. The van der Waals surface area contributed by atoms with Gasteiger partial charge < -0.3 is 23.9 Å². The zero-order valence-corrected chi connectivity index (χ0v) is 29.5. The molecular formula is C36H73NO6. The number of carbonyl (C=O) groups excluding carboxylic acids is 3. The number of ether oxygens (including phenoxy) is 3. The van der Waals surface area contributed by atoms with Crippen LogP contribution in [-0.4, -0.2) is 70.7 Å². The summed E-state index contributed by atoms with van der Waals surface area (Å²) in [4.78, 5) is 33.1. The first-order valence-corrected chi connectivity index (χ1v) is 17.7. The van der Waals surface area contributed by atoms with E-state index < -0.39 is 0 Å². The third-order valence-corrected chi connectivity index (χ3v) is 7.23. The lowest BCUT2D eigenvalue weighted by Crippen LogP contribution is -2.15. The fraction of sp³-hybridized carbons (Fsp3) is 0.917. The Morgan fingerprint density at radius 2 is 1.07 bits per heavy atom. The van der Waals surface area contributed by atoms with Crippen LogP contribution in [0.3, 0.4) is 0 Å². The van der Waals surface area contributed by atoms with Crippen LogP contribution >= 0.6 is 0 Å². The highest BCUT2D eigenvalue weighted by Crippen LogP contribution is 2.11. The highest BCUT2D eigenvalue weighted by atomic mass is 16.5. The lowest BCUT2D eigenvalue weighted by Gasteiger charge is -2.09. The summed E-state index contributed by atoms with van der Waals surface area (Å²) in [6.07, 6.45) is 29.1. The standard InChI is InChI=1S/C17H34O3.C13H26O2.C6H13NO/c1-4-5-6-7-8-9-10-11-12-13-14-20-17(18)15-16(2)19-3;1-2-3-4-5-6-7-8-9-10-11-12-15-13-14;1-7(2)5-3-4-6-8/h16H,4-15H2,1-3H3;13H,2-12H2,1H3;6H,3-5H2,1-2H3. The van der Waals surface area contributed by atoms with Gasteiger partial charge >= 0.3 is 5.97 Å². The first kappa shape index (κ1) is 46.0. The SMILES string of the molecule is CCCCCCCCCCCCOC(=O)CC(C)OC.CCCCCCCCCCCCOC=O.CN(C)CCCC=O. The molecule has 0 aliphatic carbocycles. The Morgan fingerprint density at radius 3 is 1.44 bits per heavy atom. The molecule has 1 atom stereocenters. The van der Waals surface area contributed by atoms with E-state index in [0.29, 0.717) is 32.5 Å². The van der Waals surface area contributed by atoms with Gasteiger partial charge in [-0.05, 0) is 46.8 Å². The van der Waals surface area contributed by atoms with E-state index in [0.717, 1.165) is 32.1 Å². The van der Waals surface area contributed by atoms with Crippen LogP contribution < -0.4 is 0 Å². The molecule has 43 heavy (non-hydrogen) atoms. The summed E-state index contributed by atoms with van der Waals surface area (Å²) in [7, 11) is 5.62. The van der Waals surface area contributed by atoms with Crippen molar-refractivity contribution in [3.05, 3.63) is 0 Å². The van der Waals surface area contributed by atoms with Gasteiger partial charge in [-0.3, -0.25) is 9.59 Å². The van der Waals surface area contributed by atoms with Gasteiger partial charge in [0.25, 0.3) is 6.47 Å². The molecule has 0 saturated heterocycles. The first-order chi connectivity index (χ1) is 20.9. The normalized spacial score (nSPS) is 11.1. The van der Waals surface area contributed by atoms with Crippen LogP contribution in [-0.2, 0) is 28.6 Å². The van der Waals surface area contributed by atoms with Gasteiger partial charge in [0.15, 0.2) is 0 Å². The van der Waals surface area contributed by atoms with Crippen LogP contribution in [0.4, 0.5) is 0 Å². The zero-order valence-electron chi connectivity index (χ0n) is 29.5. The number of aldehydes is 1. The van der Waals surface area contributed by atoms with E-state index in [1.54, 1.807) is 7.11 Å². The minimum atomic E-state index is -0.143. The van der Waals surface area contributed by atoms with Gasteiger partial charge in [0.2, 0.25) is 0 Å². The molecule has 0 saturated carbocycles. The minimum absolute atomic E-state index is 0.0461. The third kappa shape index (κ3) is 50.5. The van der Waals surface area contributed by atoms with E-state index in [4.69, 9.17) is 9.47 Å². The van der Waals surface area contributed by atoms with Gasteiger partial charge in [-0.2, -0.15) is 0 Å². The van der Waals surface area contributed by atoms with Crippen LogP contribution in [0.15, 0.2) is 0 Å². The van der Waals surface area contributed by atoms with Gasteiger partial charge in [0.05, 0.1) is 25.7 Å². The maximum Gasteiger partial charge on any atom is 0.308 e. The quantitative estimate of drug-likeness (QED) is 0.0452. The number of rotatable bonds is 30. The fourth-order valence-corrected chi connectivity index (χ4v) is 4.36. The summed E-state index contributed by atoms with van der Waals surface area (Å²) in [5.41, 5.74) is 0. The molecule has 0 aromatic heterocycles. The van der Waals surface area contributed by atoms with Crippen LogP contribution in [0.1, 0.15) is 168 Å². The van der Waals surface area contributed by atoms with Crippen molar-refractivity contribution in [3.8, 4) is 0 Å². The molecule has 0 aliphatic rings. The second-order valence-electron chi connectivity index (χ2n) is 11.9. The zero-order chi connectivity index (χ0) is 32.7. The maximum absolute atomic E-state index is 11.4. The number of hydrogen-bond donors (Lipinski definition) is 0. The van der Waals surface area contributed by atoms with E-state index >= 15 is 0 Å². The third-order valence-electron chi connectivity index (χ3n) is 7.23. The molecular weight excluding hydrogens is 542 g/mol. The molecule has 0 fully saturated rings. The number of carbonyl (C=O) groups is 3. The Balaban J connectivity index is -0.000000610. The fourth-order valence-electron chi connectivity index (χ4n) is 4.36. The van der Waals surface area contributed by atoms with Gasteiger partial charge in [-0.25, -0.2) is 0 Å². The van der Waals surface area contributed by atoms with Crippen LogP contribution in [0, 0.1) is 0 Å². The Morgan fingerprint density at radius 1 is 0.651 bits per heavy atom. The topological polar surface area (TPSA) is 82.1 Å². The summed E-state index contributed by atoms with van der Waals surface area (Å²) < 4.78 is 14.8. The maximum atomic E-state index is 11.4. The van der Waals surface area contributed by atoms with Crippen molar-refractivity contribution in [1.29, 1.82) is 0 Å². The van der Waals surface area contributed by atoms with E-state index in [2.05, 4.69) is 23.5 Å². The largest absolute Gasteiger partial charge is 0.468 e. The molecule has 0 heterocycles. The minimum Gasteiger partial charge on any atom is -0.468 e. The summed E-state index contributed by atoms with van der Waals surface area (Å²) in [5, 5.41) is 0. The molecule has 1 unspecified atom stereocenters. The average molecular weight is 616 g/mol. The number of esters is 1. The average Bonchev–Trinajstić information content (AvgIpc) is 2.99. The van der Waals surface area contributed by atoms with Gasteiger partial charge in [0, 0.05) is 13.5 Å². The van der Waals surface area contributed by atoms with Crippen molar-refractivity contribution in [2.75, 3.05) is 41.0 Å².